The van der Waals surface area contributed by atoms with E-state index in [0.29, 0.717) is 5.15 Å². The molecule has 1 aliphatic heterocycles. The number of hydrogen-bond donors (Lipinski definition) is 0. The second-order valence-corrected chi connectivity index (χ2v) is 4.66. The van der Waals surface area contributed by atoms with Crippen molar-refractivity contribution in [2.45, 2.75) is 32.2 Å². The molecule has 1 aliphatic rings. The Balaban J connectivity index is 2.03. The first kappa shape index (κ1) is 10.7. The number of hydrogen-bond acceptors (Lipinski definition) is 3. The summed E-state index contributed by atoms with van der Waals surface area (Å²) in [5.74, 6) is 2.00. The summed E-state index contributed by atoms with van der Waals surface area (Å²) in [5.41, 5.74) is 0.982. The van der Waals surface area contributed by atoms with E-state index >= 15 is 0 Å². The minimum Gasteiger partial charge on any atom is -0.311 e. The summed E-state index contributed by atoms with van der Waals surface area (Å²) in [6.07, 6.45) is 6.44. The van der Waals surface area contributed by atoms with Crippen molar-refractivity contribution in [3.05, 3.63) is 29.3 Å². The third kappa shape index (κ3) is 2.05. The Labute approximate surface area is 105 Å². The van der Waals surface area contributed by atoms with Gasteiger partial charge in [0, 0.05) is 24.7 Å². The Morgan fingerprint density at radius 3 is 2.88 bits per heavy atom. The lowest BCUT2D eigenvalue weighted by Gasteiger charge is -2.06. The fraction of sp³-hybridized carbons (Fsp3) is 0.417. The van der Waals surface area contributed by atoms with E-state index in [4.69, 9.17) is 11.6 Å². The van der Waals surface area contributed by atoms with Crippen LogP contribution in [0, 0.1) is 0 Å². The molecule has 0 saturated carbocycles. The van der Waals surface area contributed by atoms with Gasteiger partial charge in [-0.3, -0.25) is 0 Å². The van der Waals surface area contributed by atoms with Crippen LogP contribution in [0.15, 0.2) is 18.3 Å². The van der Waals surface area contributed by atoms with Gasteiger partial charge in [0.2, 0.25) is 0 Å². The number of halogens is 1. The van der Waals surface area contributed by atoms with Crippen molar-refractivity contribution in [1.82, 2.24) is 19.7 Å². The van der Waals surface area contributed by atoms with Crippen LogP contribution in [0.5, 0.6) is 0 Å². The number of nitrogens with zero attached hydrogens (tertiary/aromatic N) is 4. The van der Waals surface area contributed by atoms with Gasteiger partial charge in [-0.05, 0) is 25.0 Å². The quantitative estimate of drug-likeness (QED) is 0.729. The predicted octanol–water partition coefficient (Wildman–Crippen LogP) is 2.72. The van der Waals surface area contributed by atoms with Gasteiger partial charge in [-0.2, -0.15) is 0 Å². The second-order valence-electron chi connectivity index (χ2n) is 4.27. The van der Waals surface area contributed by atoms with Crippen molar-refractivity contribution in [3.63, 3.8) is 0 Å². The van der Waals surface area contributed by atoms with Crippen LogP contribution in [0.2, 0.25) is 5.15 Å². The Morgan fingerprint density at radius 2 is 2.06 bits per heavy atom. The smallest absolute Gasteiger partial charge is 0.165 e. The molecule has 0 spiro atoms. The minimum absolute atomic E-state index is 0.504. The first-order valence-corrected chi connectivity index (χ1v) is 6.26. The maximum Gasteiger partial charge on any atom is 0.165 e. The van der Waals surface area contributed by atoms with Gasteiger partial charge >= 0.3 is 0 Å². The van der Waals surface area contributed by atoms with Gasteiger partial charge in [0.05, 0.1) is 0 Å². The Hall–Kier alpha value is -1.42. The molecule has 88 valence electrons. The largest absolute Gasteiger partial charge is 0.311 e. The number of rotatable bonds is 1. The monoisotopic (exact) mass is 248 g/mol. The van der Waals surface area contributed by atoms with E-state index in [1.54, 1.807) is 12.3 Å². The van der Waals surface area contributed by atoms with Crippen LogP contribution in [0.4, 0.5) is 0 Å². The van der Waals surface area contributed by atoms with E-state index in [2.05, 4.69) is 19.7 Å². The molecule has 0 aliphatic carbocycles. The van der Waals surface area contributed by atoms with E-state index in [1.165, 1.54) is 19.3 Å². The third-order valence-electron chi connectivity index (χ3n) is 3.10. The van der Waals surface area contributed by atoms with Crippen LogP contribution < -0.4 is 0 Å². The van der Waals surface area contributed by atoms with Crippen LogP contribution in [-0.4, -0.2) is 19.7 Å². The fourth-order valence-electron chi connectivity index (χ4n) is 2.21. The van der Waals surface area contributed by atoms with Gasteiger partial charge < -0.3 is 4.57 Å². The van der Waals surface area contributed by atoms with Crippen molar-refractivity contribution in [2.24, 2.45) is 0 Å². The fourth-order valence-corrected chi connectivity index (χ4v) is 2.32. The number of fused-ring (bicyclic) bond motifs is 1. The van der Waals surface area contributed by atoms with Crippen LogP contribution in [0.25, 0.3) is 11.4 Å². The summed E-state index contributed by atoms with van der Waals surface area (Å²) in [4.78, 5) is 4.09. The molecule has 0 radical (unpaired) electrons. The molecule has 3 heterocycles. The molecule has 2 aromatic rings. The summed E-state index contributed by atoms with van der Waals surface area (Å²) in [5, 5.41) is 9.04. The molecule has 2 aromatic heterocycles. The summed E-state index contributed by atoms with van der Waals surface area (Å²) >= 11 is 5.79. The third-order valence-corrected chi connectivity index (χ3v) is 3.32. The molecular weight excluding hydrogens is 236 g/mol. The summed E-state index contributed by atoms with van der Waals surface area (Å²) < 4.78 is 2.21. The summed E-state index contributed by atoms with van der Waals surface area (Å²) in [7, 11) is 0. The molecular formula is C12H13ClN4. The lowest BCUT2D eigenvalue weighted by Crippen LogP contribution is -2.03. The normalized spacial score (nSPS) is 15.4. The van der Waals surface area contributed by atoms with Gasteiger partial charge in [0.15, 0.2) is 5.82 Å². The molecule has 17 heavy (non-hydrogen) atoms. The van der Waals surface area contributed by atoms with Gasteiger partial charge in [-0.15, -0.1) is 10.2 Å². The maximum absolute atomic E-state index is 5.79. The zero-order valence-corrected chi connectivity index (χ0v) is 10.2. The number of pyridine rings is 1. The highest BCUT2D eigenvalue weighted by molar-refractivity contribution is 6.29. The molecule has 4 nitrogen and oxygen atoms in total. The van der Waals surface area contributed by atoms with Crippen molar-refractivity contribution in [1.29, 1.82) is 0 Å². The lowest BCUT2D eigenvalue weighted by molar-refractivity contribution is 0.636. The van der Waals surface area contributed by atoms with Crippen LogP contribution in [0.1, 0.15) is 25.1 Å². The van der Waals surface area contributed by atoms with Gasteiger partial charge in [-0.1, -0.05) is 18.0 Å². The van der Waals surface area contributed by atoms with Crippen molar-refractivity contribution >= 4 is 11.6 Å². The number of aryl methyl sites for hydroxylation is 1. The molecule has 0 aromatic carbocycles. The van der Waals surface area contributed by atoms with Crippen LogP contribution >= 0.6 is 11.6 Å². The summed E-state index contributed by atoms with van der Waals surface area (Å²) in [6.45, 7) is 1.00. The highest BCUT2D eigenvalue weighted by Gasteiger charge is 2.15. The van der Waals surface area contributed by atoms with Crippen molar-refractivity contribution in [3.8, 4) is 11.4 Å². The van der Waals surface area contributed by atoms with Crippen LogP contribution in [-0.2, 0) is 13.0 Å². The molecule has 0 bridgehead atoms. The second kappa shape index (κ2) is 4.45. The Bertz CT molecular complexity index is 518. The topological polar surface area (TPSA) is 43.6 Å². The molecule has 0 N–H and O–H groups in total. The average Bonchev–Trinajstić information content (AvgIpc) is 2.60. The van der Waals surface area contributed by atoms with E-state index in [0.717, 1.165) is 30.2 Å². The average molecular weight is 249 g/mol. The highest BCUT2D eigenvalue weighted by Crippen LogP contribution is 2.22. The van der Waals surface area contributed by atoms with E-state index in [-0.39, 0.29) is 0 Å². The first-order valence-electron chi connectivity index (χ1n) is 5.88. The molecule has 0 fully saturated rings. The van der Waals surface area contributed by atoms with E-state index in [1.807, 2.05) is 6.07 Å². The van der Waals surface area contributed by atoms with Gasteiger partial charge in [0.1, 0.15) is 11.0 Å². The van der Waals surface area contributed by atoms with Crippen molar-refractivity contribution in [2.75, 3.05) is 0 Å². The zero-order chi connectivity index (χ0) is 11.7. The van der Waals surface area contributed by atoms with E-state index < -0.39 is 0 Å². The molecule has 0 unspecified atom stereocenters. The molecule has 0 saturated heterocycles. The number of aromatic nitrogens is 4. The first-order chi connectivity index (χ1) is 8.34. The standard InChI is InChI=1S/C12H13ClN4/c13-10-6-5-9(8-14-10)12-16-15-11-4-2-1-3-7-17(11)12/h5-6,8H,1-4,7H2. The molecule has 0 atom stereocenters. The zero-order valence-electron chi connectivity index (χ0n) is 9.43. The van der Waals surface area contributed by atoms with E-state index in [9.17, 15) is 0 Å². The Morgan fingerprint density at radius 1 is 1.12 bits per heavy atom. The summed E-state index contributed by atoms with van der Waals surface area (Å²) in [6, 6.07) is 3.73. The molecule has 3 rings (SSSR count). The predicted molar refractivity (Wildman–Crippen MR) is 65.8 cm³/mol. The minimum atomic E-state index is 0.504. The molecule has 5 heteroatoms. The van der Waals surface area contributed by atoms with Gasteiger partial charge in [0.25, 0.3) is 0 Å². The highest BCUT2D eigenvalue weighted by atomic mass is 35.5. The van der Waals surface area contributed by atoms with Crippen molar-refractivity contribution < 1.29 is 0 Å². The molecule has 0 amide bonds. The maximum atomic E-state index is 5.79. The SMILES string of the molecule is Clc1ccc(-c2nnc3n2CCCCC3)cn1. The van der Waals surface area contributed by atoms with Crippen LogP contribution in [0.3, 0.4) is 0 Å². The Kier molecular flexibility index (Phi) is 2.81. The van der Waals surface area contributed by atoms with Gasteiger partial charge in [-0.25, -0.2) is 4.98 Å². The lowest BCUT2D eigenvalue weighted by atomic mass is 10.2.